The predicted molar refractivity (Wildman–Crippen MR) is 61.8 cm³/mol. The molecule has 0 radical (unpaired) electrons. The third-order valence-corrected chi connectivity index (χ3v) is 2.92. The zero-order valence-electron chi connectivity index (χ0n) is 9.56. The Labute approximate surface area is 102 Å². The van der Waals surface area contributed by atoms with E-state index in [0.29, 0.717) is 5.69 Å². The van der Waals surface area contributed by atoms with Gasteiger partial charge in [0.25, 0.3) is 0 Å². The zero-order chi connectivity index (χ0) is 13.1. The van der Waals surface area contributed by atoms with E-state index in [2.05, 4.69) is 10.3 Å². The maximum atomic E-state index is 11.4. The topological polar surface area (TPSA) is 99.5 Å². The first-order chi connectivity index (χ1) is 7.81. The molecule has 1 aromatic heterocycles. The molecule has 6 nitrogen and oxygen atoms in total. The number of thiazole rings is 1. The Hall–Kier alpha value is -1.47. The molecule has 1 rings (SSSR count). The van der Waals surface area contributed by atoms with E-state index in [1.54, 1.807) is 5.38 Å². The Kier molecular flexibility index (Phi) is 4.19. The van der Waals surface area contributed by atoms with Gasteiger partial charge in [0.05, 0.1) is 23.7 Å². The summed E-state index contributed by atoms with van der Waals surface area (Å²) in [4.78, 5) is 26.1. The van der Waals surface area contributed by atoms with Crippen molar-refractivity contribution >= 4 is 23.2 Å². The Morgan fingerprint density at radius 2 is 2.24 bits per heavy atom. The SMILES string of the molecule is Cc1nc(CC(=O)NCC(C)(O)C(=O)O)cs1. The first-order valence-corrected chi connectivity index (χ1v) is 5.83. The molecule has 0 bridgehead atoms. The van der Waals surface area contributed by atoms with Crippen LogP contribution in [0.3, 0.4) is 0 Å². The molecule has 0 fully saturated rings. The van der Waals surface area contributed by atoms with Gasteiger partial charge in [0, 0.05) is 5.38 Å². The monoisotopic (exact) mass is 258 g/mol. The van der Waals surface area contributed by atoms with Crippen LogP contribution in [0.2, 0.25) is 0 Å². The number of rotatable bonds is 5. The van der Waals surface area contributed by atoms with Crippen LogP contribution in [0.4, 0.5) is 0 Å². The third-order valence-electron chi connectivity index (χ3n) is 2.10. The van der Waals surface area contributed by atoms with Crippen molar-refractivity contribution in [3.63, 3.8) is 0 Å². The number of carboxylic acid groups (broad SMARTS) is 1. The van der Waals surface area contributed by atoms with Crippen LogP contribution < -0.4 is 5.32 Å². The van der Waals surface area contributed by atoms with Gasteiger partial charge in [-0.2, -0.15) is 0 Å². The molecule has 0 spiro atoms. The van der Waals surface area contributed by atoms with E-state index < -0.39 is 11.6 Å². The molecule has 1 atom stereocenters. The molecule has 17 heavy (non-hydrogen) atoms. The lowest BCUT2D eigenvalue weighted by atomic mass is 10.1. The molecule has 0 saturated heterocycles. The molecule has 0 aliphatic rings. The number of aliphatic carboxylic acids is 1. The second-order valence-corrected chi connectivity index (χ2v) is 4.95. The predicted octanol–water partition coefficient (Wildman–Crippen LogP) is -0.0542. The zero-order valence-corrected chi connectivity index (χ0v) is 10.4. The number of aryl methyl sites for hydroxylation is 1. The van der Waals surface area contributed by atoms with Gasteiger partial charge in [0.2, 0.25) is 5.91 Å². The second-order valence-electron chi connectivity index (χ2n) is 3.89. The number of hydrogen-bond donors (Lipinski definition) is 3. The summed E-state index contributed by atoms with van der Waals surface area (Å²) in [5.74, 6) is -1.74. The maximum Gasteiger partial charge on any atom is 0.337 e. The third kappa shape index (κ3) is 4.12. The Morgan fingerprint density at radius 3 is 2.71 bits per heavy atom. The van der Waals surface area contributed by atoms with E-state index in [0.717, 1.165) is 11.9 Å². The van der Waals surface area contributed by atoms with Crippen LogP contribution in [0.25, 0.3) is 0 Å². The lowest BCUT2D eigenvalue weighted by molar-refractivity contribution is -0.156. The number of hydrogen-bond acceptors (Lipinski definition) is 5. The van der Waals surface area contributed by atoms with Gasteiger partial charge >= 0.3 is 5.97 Å². The molecule has 0 aliphatic heterocycles. The van der Waals surface area contributed by atoms with Crippen LogP contribution in [0.15, 0.2) is 5.38 Å². The van der Waals surface area contributed by atoms with Crippen LogP contribution in [-0.4, -0.2) is 39.2 Å². The van der Waals surface area contributed by atoms with E-state index in [9.17, 15) is 14.7 Å². The van der Waals surface area contributed by atoms with Gasteiger partial charge in [0.15, 0.2) is 5.60 Å². The van der Waals surface area contributed by atoms with Crippen molar-refractivity contribution in [2.45, 2.75) is 25.9 Å². The summed E-state index contributed by atoms with van der Waals surface area (Å²) in [7, 11) is 0. The molecule has 0 saturated carbocycles. The Bertz CT molecular complexity index is 428. The van der Waals surface area contributed by atoms with Crippen molar-refractivity contribution in [3.8, 4) is 0 Å². The number of nitrogens with one attached hydrogen (secondary N) is 1. The smallest absolute Gasteiger partial charge is 0.337 e. The second kappa shape index (κ2) is 5.24. The minimum atomic E-state index is -1.95. The van der Waals surface area contributed by atoms with Crippen LogP contribution in [0.1, 0.15) is 17.6 Å². The first-order valence-electron chi connectivity index (χ1n) is 4.95. The minimum absolute atomic E-state index is 0.0834. The molecule has 1 amide bonds. The molecule has 7 heteroatoms. The molecule has 0 aliphatic carbocycles. The Morgan fingerprint density at radius 1 is 1.59 bits per heavy atom. The highest BCUT2D eigenvalue weighted by Gasteiger charge is 2.30. The van der Waals surface area contributed by atoms with Crippen molar-refractivity contribution in [2.75, 3.05) is 6.54 Å². The van der Waals surface area contributed by atoms with Gasteiger partial charge in [-0.05, 0) is 13.8 Å². The average molecular weight is 258 g/mol. The van der Waals surface area contributed by atoms with Gasteiger partial charge in [-0.1, -0.05) is 0 Å². The van der Waals surface area contributed by atoms with Gasteiger partial charge in [0.1, 0.15) is 0 Å². The molecule has 1 aromatic rings. The fraction of sp³-hybridized carbons (Fsp3) is 0.500. The fourth-order valence-electron chi connectivity index (χ4n) is 1.06. The highest BCUT2D eigenvalue weighted by molar-refractivity contribution is 7.09. The summed E-state index contributed by atoms with van der Waals surface area (Å²) in [6, 6.07) is 0. The number of aromatic nitrogens is 1. The maximum absolute atomic E-state index is 11.4. The van der Waals surface area contributed by atoms with Crippen LogP contribution in [0, 0.1) is 6.92 Å². The van der Waals surface area contributed by atoms with Gasteiger partial charge < -0.3 is 15.5 Å². The number of aliphatic hydroxyl groups is 1. The van der Waals surface area contributed by atoms with E-state index in [-0.39, 0.29) is 18.9 Å². The highest BCUT2D eigenvalue weighted by Crippen LogP contribution is 2.08. The van der Waals surface area contributed by atoms with Crippen molar-refractivity contribution in [1.82, 2.24) is 10.3 Å². The molecule has 3 N–H and O–H groups in total. The van der Waals surface area contributed by atoms with Gasteiger partial charge in [-0.25, -0.2) is 9.78 Å². The number of carboxylic acids is 1. The number of nitrogens with zero attached hydrogens (tertiary/aromatic N) is 1. The van der Waals surface area contributed by atoms with Crippen molar-refractivity contribution in [2.24, 2.45) is 0 Å². The normalized spacial score (nSPS) is 14.1. The molecule has 0 aromatic carbocycles. The lowest BCUT2D eigenvalue weighted by Crippen LogP contribution is -2.46. The van der Waals surface area contributed by atoms with Crippen molar-refractivity contribution in [1.29, 1.82) is 0 Å². The summed E-state index contributed by atoms with van der Waals surface area (Å²) in [6.07, 6.45) is 0.0834. The van der Waals surface area contributed by atoms with E-state index in [1.165, 1.54) is 11.3 Å². The summed E-state index contributed by atoms with van der Waals surface area (Å²) in [5.41, 5.74) is -1.31. The minimum Gasteiger partial charge on any atom is -0.479 e. The highest BCUT2D eigenvalue weighted by atomic mass is 32.1. The fourth-order valence-corrected chi connectivity index (χ4v) is 1.68. The summed E-state index contributed by atoms with van der Waals surface area (Å²) >= 11 is 1.44. The molecule has 1 unspecified atom stereocenters. The van der Waals surface area contributed by atoms with Crippen molar-refractivity contribution < 1.29 is 19.8 Å². The molecular formula is C10H14N2O4S. The number of amides is 1. The van der Waals surface area contributed by atoms with E-state index >= 15 is 0 Å². The van der Waals surface area contributed by atoms with Crippen LogP contribution in [-0.2, 0) is 16.0 Å². The number of carbonyl (C=O) groups is 2. The standard InChI is InChI=1S/C10H14N2O4S/c1-6-12-7(4-17-6)3-8(13)11-5-10(2,16)9(14)15/h4,16H,3,5H2,1-2H3,(H,11,13)(H,14,15). The van der Waals surface area contributed by atoms with Crippen LogP contribution >= 0.6 is 11.3 Å². The molecule has 94 valence electrons. The van der Waals surface area contributed by atoms with Crippen LogP contribution in [0.5, 0.6) is 0 Å². The van der Waals surface area contributed by atoms with Gasteiger partial charge in [-0.3, -0.25) is 4.79 Å². The van der Waals surface area contributed by atoms with E-state index in [4.69, 9.17) is 5.11 Å². The molecule has 1 heterocycles. The van der Waals surface area contributed by atoms with Gasteiger partial charge in [-0.15, -0.1) is 11.3 Å². The summed E-state index contributed by atoms with van der Waals surface area (Å²) < 4.78 is 0. The number of carbonyl (C=O) groups excluding carboxylic acids is 1. The summed E-state index contributed by atoms with van der Waals surface area (Å²) in [6.45, 7) is 2.63. The Balaban J connectivity index is 2.43. The summed E-state index contributed by atoms with van der Waals surface area (Å²) in [5, 5.41) is 23.0. The first kappa shape index (κ1) is 13.6. The van der Waals surface area contributed by atoms with E-state index in [1.807, 2.05) is 6.92 Å². The van der Waals surface area contributed by atoms with Crippen molar-refractivity contribution in [3.05, 3.63) is 16.1 Å². The largest absolute Gasteiger partial charge is 0.479 e. The lowest BCUT2D eigenvalue weighted by Gasteiger charge is -2.17. The quantitative estimate of drug-likeness (QED) is 0.687. The molecular weight excluding hydrogens is 244 g/mol. The average Bonchev–Trinajstić information content (AvgIpc) is 2.61.